The third-order valence-corrected chi connectivity index (χ3v) is 4.41. The molecule has 2 aromatic carbocycles. The fourth-order valence-electron chi connectivity index (χ4n) is 3.01. The van der Waals surface area contributed by atoms with E-state index in [-0.39, 0.29) is 12.0 Å². The summed E-state index contributed by atoms with van der Waals surface area (Å²) in [5.41, 5.74) is 1.54. The summed E-state index contributed by atoms with van der Waals surface area (Å²) in [7, 11) is 1.62. The number of nitrogens with zero attached hydrogens (tertiary/aromatic N) is 1. The van der Waals surface area contributed by atoms with Crippen molar-refractivity contribution in [2.45, 2.75) is 6.10 Å². The number of methoxy groups -OCH3 is 1. The highest BCUT2D eigenvalue weighted by Gasteiger charge is 2.33. The number of amides is 1. The van der Waals surface area contributed by atoms with E-state index in [1.54, 1.807) is 18.3 Å². The molecule has 1 amide bonds. The topological polar surface area (TPSA) is 51.9 Å². The Balaban J connectivity index is 1.40. The zero-order chi connectivity index (χ0) is 17.9. The lowest BCUT2D eigenvalue weighted by Crippen LogP contribution is -2.56. The van der Waals surface area contributed by atoms with Gasteiger partial charge in [0.1, 0.15) is 11.9 Å². The molecular weight excluding hydrogens is 330 g/mol. The van der Waals surface area contributed by atoms with E-state index in [0.717, 1.165) is 11.3 Å². The molecule has 26 heavy (non-hydrogen) atoms. The molecule has 0 unspecified atom stereocenters. The number of likely N-dealkylation sites (tertiary alicyclic amines) is 1. The van der Waals surface area contributed by atoms with Crippen LogP contribution in [0.1, 0.15) is 10.4 Å². The Hall–Kier alpha value is -3.21. The SMILES string of the molecule is COc1ccccc1OC1CN(C(=O)c2cccc(-c3ccco3)c2)C1. The van der Waals surface area contributed by atoms with Gasteiger partial charge < -0.3 is 18.8 Å². The second-order valence-corrected chi connectivity index (χ2v) is 6.16. The van der Waals surface area contributed by atoms with Gasteiger partial charge in [0.2, 0.25) is 0 Å². The molecule has 1 aliphatic rings. The van der Waals surface area contributed by atoms with Gasteiger partial charge in [-0.05, 0) is 36.4 Å². The monoisotopic (exact) mass is 349 g/mol. The Morgan fingerprint density at radius 1 is 1.04 bits per heavy atom. The molecule has 0 aliphatic carbocycles. The van der Waals surface area contributed by atoms with Crippen molar-refractivity contribution >= 4 is 5.91 Å². The minimum atomic E-state index is -0.0245. The van der Waals surface area contributed by atoms with E-state index in [1.165, 1.54) is 0 Å². The molecule has 1 aromatic heterocycles. The minimum Gasteiger partial charge on any atom is -0.493 e. The molecule has 5 nitrogen and oxygen atoms in total. The van der Waals surface area contributed by atoms with Crippen LogP contribution in [0.4, 0.5) is 0 Å². The number of rotatable bonds is 5. The third kappa shape index (κ3) is 3.16. The Bertz CT molecular complexity index is 898. The summed E-state index contributed by atoms with van der Waals surface area (Å²) in [5, 5.41) is 0. The van der Waals surface area contributed by atoms with E-state index in [1.807, 2.05) is 60.7 Å². The van der Waals surface area contributed by atoms with Gasteiger partial charge in [-0.15, -0.1) is 0 Å². The Morgan fingerprint density at radius 2 is 1.85 bits per heavy atom. The molecule has 1 aliphatic heterocycles. The number of hydrogen-bond donors (Lipinski definition) is 0. The smallest absolute Gasteiger partial charge is 0.254 e. The fraction of sp³-hybridized carbons (Fsp3) is 0.190. The zero-order valence-corrected chi connectivity index (χ0v) is 14.4. The molecule has 0 atom stereocenters. The van der Waals surface area contributed by atoms with Crippen LogP contribution in [-0.4, -0.2) is 37.1 Å². The Morgan fingerprint density at radius 3 is 2.58 bits per heavy atom. The Labute approximate surface area is 151 Å². The van der Waals surface area contributed by atoms with E-state index in [4.69, 9.17) is 13.9 Å². The van der Waals surface area contributed by atoms with Crippen LogP contribution in [0.15, 0.2) is 71.3 Å². The first-order chi connectivity index (χ1) is 12.7. The maximum absolute atomic E-state index is 12.7. The van der Waals surface area contributed by atoms with Gasteiger partial charge in [-0.2, -0.15) is 0 Å². The number of benzene rings is 2. The summed E-state index contributed by atoms with van der Waals surface area (Å²) < 4.78 is 16.6. The molecule has 3 aromatic rings. The number of para-hydroxylation sites is 2. The van der Waals surface area contributed by atoms with Gasteiger partial charge in [-0.1, -0.05) is 24.3 Å². The summed E-state index contributed by atoms with van der Waals surface area (Å²) in [4.78, 5) is 14.5. The minimum absolute atomic E-state index is 0.00159. The highest BCUT2D eigenvalue weighted by molar-refractivity contribution is 5.95. The summed E-state index contributed by atoms with van der Waals surface area (Å²) in [6.07, 6.45) is 1.60. The maximum Gasteiger partial charge on any atom is 0.254 e. The molecule has 0 N–H and O–H groups in total. The van der Waals surface area contributed by atoms with E-state index in [0.29, 0.717) is 30.2 Å². The van der Waals surface area contributed by atoms with Crippen molar-refractivity contribution in [3.63, 3.8) is 0 Å². The van der Waals surface area contributed by atoms with Crippen molar-refractivity contribution in [1.29, 1.82) is 0 Å². The second-order valence-electron chi connectivity index (χ2n) is 6.16. The molecule has 0 bridgehead atoms. The first-order valence-corrected chi connectivity index (χ1v) is 8.47. The van der Waals surface area contributed by atoms with Gasteiger partial charge in [-0.25, -0.2) is 0 Å². The number of carbonyl (C=O) groups excluding carboxylic acids is 1. The normalized spacial score (nSPS) is 14.0. The van der Waals surface area contributed by atoms with Crippen molar-refractivity contribution in [2.75, 3.05) is 20.2 Å². The first kappa shape index (κ1) is 16.3. The molecule has 4 rings (SSSR count). The molecule has 1 fully saturated rings. The molecule has 5 heteroatoms. The number of ether oxygens (including phenoxy) is 2. The molecular formula is C21H19NO4. The predicted molar refractivity (Wildman–Crippen MR) is 97.5 cm³/mol. The van der Waals surface area contributed by atoms with Crippen LogP contribution < -0.4 is 9.47 Å². The van der Waals surface area contributed by atoms with Crippen LogP contribution in [0.25, 0.3) is 11.3 Å². The molecule has 2 heterocycles. The van der Waals surface area contributed by atoms with E-state index in [9.17, 15) is 4.79 Å². The highest BCUT2D eigenvalue weighted by atomic mass is 16.5. The quantitative estimate of drug-likeness (QED) is 0.702. The van der Waals surface area contributed by atoms with Crippen LogP contribution >= 0.6 is 0 Å². The van der Waals surface area contributed by atoms with Gasteiger partial charge in [-0.3, -0.25) is 4.79 Å². The number of hydrogen-bond acceptors (Lipinski definition) is 4. The largest absolute Gasteiger partial charge is 0.493 e. The lowest BCUT2D eigenvalue weighted by Gasteiger charge is -2.39. The van der Waals surface area contributed by atoms with Crippen molar-refractivity contribution in [3.8, 4) is 22.8 Å². The summed E-state index contributed by atoms with van der Waals surface area (Å²) in [5.74, 6) is 2.15. The maximum atomic E-state index is 12.7. The second kappa shape index (κ2) is 6.96. The fourth-order valence-corrected chi connectivity index (χ4v) is 3.01. The van der Waals surface area contributed by atoms with Crippen LogP contribution in [-0.2, 0) is 0 Å². The van der Waals surface area contributed by atoms with Crippen LogP contribution in [0.2, 0.25) is 0 Å². The third-order valence-electron chi connectivity index (χ3n) is 4.41. The highest BCUT2D eigenvalue weighted by Crippen LogP contribution is 2.29. The number of carbonyl (C=O) groups is 1. The molecule has 132 valence electrons. The average Bonchev–Trinajstić information content (AvgIpc) is 3.19. The number of furan rings is 1. The van der Waals surface area contributed by atoms with Crippen molar-refractivity contribution in [3.05, 3.63) is 72.5 Å². The molecule has 1 saturated heterocycles. The van der Waals surface area contributed by atoms with Gasteiger partial charge in [0.25, 0.3) is 5.91 Å². The first-order valence-electron chi connectivity index (χ1n) is 8.47. The molecule has 0 radical (unpaired) electrons. The van der Waals surface area contributed by atoms with Gasteiger partial charge in [0.15, 0.2) is 11.5 Å². The van der Waals surface area contributed by atoms with Crippen molar-refractivity contribution in [1.82, 2.24) is 4.90 Å². The lowest BCUT2D eigenvalue weighted by molar-refractivity contribution is 0.0169. The van der Waals surface area contributed by atoms with Crippen LogP contribution in [0.3, 0.4) is 0 Å². The lowest BCUT2D eigenvalue weighted by atomic mass is 10.1. The van der Waals surface area contributed by atoms with E-state index < -0.39 is 0 Å². The summed E-state index contributed by atoms with van der Waals surface area (Å²) in [6.45, 7) is 1.11. The molecule has 0 saturated carbocycles. The standard InChI is InChI=1S/C21H19NO4/c1-24-19-8-2-3-9-20(19)26-17-13-22(14-17)21(23)16-7-4-6-15(12-16)18-10-5-11-25-18/h2-12,17H,13-14H2,1H3. The Kier molecular flexibility index (Phi) is 4.35. The van der Waals surface area contributed by atoms with Crippen molar-refractivity contribution in [2.24, 2.45) is 0 Å². The van der Waals surface area contributed by atoms with Crippen LogP contribution in [0, 0.1) is 0 Å². The van der Waals surface area contributed by atoms with Gasteiger partial charge >= 0.3 is 0 Å². The van der Waals surface area contributed by atoms with Gasteiger partial charge in [0, 0.05) is 11.1 Å². The summed E-state index contributed by atoms with van der Waals surface area (Å²) in [6, 6.07) is 18.7. The van der Waals surface area contributed by atoms with Crippen LogP contribution in [0.5, 0.6) is 11.5 Å². The van der Waals surface area contributed by atoms with E-state index >= 15 is 0 Å². The average molecular weight is 349 g/mol. The molecule has 0 spiro atoms. The zero-order valence-electron chi connectivity index (χ0n) is 14.4. The predicted octanol–water partition coefficient (Wildman–Crippen LogP) is 3.86. The van der Waals surface area contributed by atoms with E-state index in [2.05, 4.69) is 0 Å². The summed E-state index contributed by atoms with van der Waals surface area (Å²) >= 11 is 0. The van der Waals surface area contributed by atoms with Gasteiger partial charge in [0.05, 0.1) is 26.5 Å². The van der Waals surface area contributed by atoms with Crippen molar-refractivity contribution < 1.29 is 18.7 Å².